The number of halogens is 2. The molecule has 3 rings (SSSR count). The van der Waals surface area contributed by atoms with Crippen molar-refractivity contribution in [2.75, 3.05) is 0 Å². The van der Waals surface area contributed by atoms with Crippen molar-refractivity contribution >= 4 is 33.2 Å². The molecular weight excluding hydrogens is 373 g/mol. The maximum Gasteiger partial charge on any atom is 0.341 e. The van der Waals surface area contributed by atoms with E-state index in [-0.39, 0.29) is 12.2 Å². The number of benzene rings is 1. The number of carbonyl (C=O) groups is 1. The Kier molecular flexibility index (Phi) is 4.35. The molecule has 0 aliphatic rings. The van der Waals surface area contributed by atoms with E-state index in [1.807, 2.05) is 17.5 Å². The fraction of sp³-hybridized carbons (Fsp3) is 0.0667. The molecule has 0 saturated heterocycles. The minimum absolute atomic E-state index is 0.0837. The van der Waals surface area contributed by atoms with E-state index in [0.29, 0.717) is 15.9 Å². The number of nitrogens with zero attached hydrogens (tertiary/aromatic N) is 1. The van der Waals surface area contributed by atoms with Gasteiger partial charge in [-0.15, -0.1) is 11.3 Å². The first kappa shape index (κ1) is 14.9. The predicted octanol–water partition coefficient (Wildman–Crippen LogP) is 4.66. The summed E-state index contributed by atoms with van der Waals surface area (Å²) in [5.74, 6) is -0.776. The summed E-state index contributed by atoms with van der Waals surface area (Å²) >= 11 is 4.70. The van der Waals surface area contributed by atoms with Crippen LogP contribution in [0.25, 0.3) is 10.6 Å². The summed E-state index contributed by atoms with van der Waals surface area (Å²) in [6.07, 6.45) is 0. The third-order valence-corrected chi connectivity index (χ3v) is 4.20. The van der Waals surface area contributed by atoms with Crippen molar-refractivity contribution in [3.63, 3.8) is 0 Å². The first-order valence-corrected chi connectivity index (χ1v) is 7.92. The molecule has 2 heterocycles. The van der Waals surface area contributed by atoms with Crippen LogP contribution in [0.3, 0.4) is 0 Å². The van der Waals surface area contributed by atoms with Gasteiger partial charge >= 0.3 is 5.97 Å². The molecule has 0 fully saturated rings. The fourth-order valence-electron chi connectivity index (χ4n) is 1.79. The van der Waals surface area contributed by atoms with Crippen LogP contribution in [0, 0.1) is 5.82 Å². The van der Waals surface area contributed by atoms with Gasteiger partial charge in [0, 0.05) is 10.5 Å². The minimum atomic E-state index is -0.750. The van der Waals surface area contributed by atoms with Crippen molar-refractivity contribution in [2.24, 2.45) is 0 Å². The Balaban J connectivity index is 1.67. The topological polar surface area (TPSA) is 52.3 Å². The van der Waals surface area contributed by atoms with Crippen LogP contribution in [0.15, 0.2) is 50.8 Å². The molecule has 3 aromatic rings. The van der Waals surface area contributed by atoms with Gasteiger partial charge < -0.3 is 9.26 Å². The molecule has 7 heteroatoms. The van der Waals surface area contributed by atoms with Crippen LogP contribution in [-0.2, 0) is 11.3 Å². The second-order valence-corrected chi connectivity index (χ2v) is 6.22. The van der Waals surface area contributed by atoms with Crippen molar-refractivity contribution in [1.82, 2.24) is 5.16 Å². The van der Waals surface area contributed by atoms with Crippen LogP contribution in [0.2, 0.25) is 0 Å². The Morgan fingerprint density at radius 3 is 3.00 bits per heavy atom. The van der Waals surface area contributed by atoms with E-state index in [1.165, 1.54) is 29.5 Å². The summed E-state index contributed by atoms with van der Waals surface area (Å²) in [7, 11) is 0. The largest absolute Gasteiger partial charge is 0.455 e. The van der Waals surface area contributed by atoms with E-state index in [2.05, 4.69) is 21.1 Å². The molecule has 22 heavy (non-hydrogen) atoms. The normalized spacial score (nSPS) is 10.6. The summed E-state index contributed by atoms with van der Waals surface area (Å²) in [5.41, 5.74) is 0.337. The fourth-order valence-corrected chi connectivity index (χ4v) is 2.82. The molecule has 0 atom stereocenters. The highest BCUT2D eigenvalue weighted by Crippen LogP contribution is 2.25. The van der Waals surface area contributed by atoms with Gasteiger partial charge in [0.15, 0.2) is 5.76 Å². The lowest BCUT2D eigenvalue weighted by Gasteiger charge is -2.04. The number of esters is 1. The van der Waals surface area contributed by atoms with Gasteiger partial charge in [-0.1, -0.05) is 27.2 Å². The predicted molar refractivity (Wildman–Crippen MR) is 83.0 cm³/mol. The number of hydrogen-bond donors (Lipinski definition) is 0. The second-order valence-electron chi connectivity index (χ2n) is 4.36. The molecule has 4 nitrogen and oxygen atoms in total. The first-order valence-electron chi connectivity index (χ1n) is 6.25. The van der Waals surface area contributed by atoms with E-state index in [9.17, 15) is 9.18 Å². The van der Waals surface area contributed by atoms with Gasteiger partial charge in [-0.25, -0.2) is 9.18 Å². The van der Waals surface area contributed by atoms with Crippen LogP contribution in [0.1, 0.15) is 16.1 Å². The molecule has 0 amide bonds. The van der Waals surface area contributed by atoms with Crippen LogP contribution in [0.4, 0.5) is 4.39 Å². The smallest absolute Gasteiger partial charge is 0.341 e. The molecule has 0 aliphatic heterocycles. The quantitative estimate of drug-likeness (QED) is 0.616. The third-order valence-electron chi connectivity index (χ3n) is 2.82. The summed E-state index contributed by atoms with van der Waals surface area (Å²) in [6.45, 7) is -0.0837. The Hall–Kier alpha value is -1.99. The lowest BCUT2D eigenvalue weighted by atomic mass is 10.2. The summed E-state index contributed by atoms with van der Waals surface area (Å²) in [4.78, 5) is 12.8. The zero-order valence-electron chi connectivity index (χ0n) is 11.1. The van der Waals surface area contributed by atoms with Gasteiger partial charge in [0.2, 0.25) is 0 Å². The molecule has 1 aromatic carbocycles. The first-order chi connectivity index (χ1) is 10.6. The molecule has 0 bridgehead atoms. The molecule has 0 saturated carbocycles. The highest BCUT2D eigenvalue weighted by Gasteiger charge is 2.15. The highest BCUT2D eigenvalue weighted by atomic mass is 79.9. The molecule has 112 valence electrons. The van der Waals surface area contributed by atoms with Crippen molar-refractivity contribution < 1.29 is 18.4 Å². The molecule has 0 N–H and O–H groups in total. The number of carbonyl (C=O) groups excluding carboxylic acids is 1. The van der Waals surface area contributed by atoms with Crippen molar-refractivity contribution in [1.29, 1.82) is 0 Å². The van der Waals surface area contributed by atoms with Gasteiger partial charge in [-0.2, -0.15) is 0 Å². The molecule has 0 unspecified atom stereocenters. The lowest BCUT2D eigenvalue weighted by Crippen LogP contribution is -2.07. The summed E-state index contributed by atoms with van der Waals surface area (Å²) in [5, 5.41) is 5.75. The van der Waals surface area contributed by atoms with E-state index in [4.69, 9.17) is 9.26 Å². The maximum atomic E-state index is 13.6. The van der Waals surface area contributed by atoms with Gasteiger partial charge in [-0.3, -0.25) is 0 Å². The minimum Gasteiger partial charge on any atom is -0.455 e. The molecular formula is C15H9BrFNO3S. The summed E-state index contributed by atoms with van der Waals surface area (Å²) in [6, 6.07) is 9.58. The third kappa shape index (κ3) is 3.26. The number of rotatable bonds is 4. The molecule has 0 spiro atoms. The average Bonchev–Trinajstić information content (AvgIpc) is 3.17. The van der Waals surface area contributed by atoms with Crippen molar-refractivity contribution in [3.05, 3.63) is 63.3 Å². The van der Waals surface area contributed by atoms with E-state index < -0.39 is 11.8 Å². The van der Waals surface area contributed by atoms with E-state index >= 15 is 0 Å². The van der Waals surface area contributed by atoms with Gasteiger partial charge in [0.1, 0.15) is 18.1 Å². The van der Waals surface area contributed by atoms with Gasteiger partial charge in [0.25, 0.3) is 0 Å². The van der Waals surface area contributed by atoms with Crippen molar-refractivity contribution in [3.8, 4) is 10.6 Å². The zero-order chi connectivity index (χ0) is 15.5. The monoisotopic (exact) mass is 381 g/mol. The lowest BCUT2D eigenvalue weighted by molar-refractivity contribution is 0.0459. The Morgan fingerprint density at radius 2 is 2.23 bits per heavy atom. The van der Waals surface area contributed by atoms with Crippen LogP contribution < -0.4 is 0 Å². The van der Waals surface area contributed by atoms with Crippen LogP contribution in [0.5, 0.6) is 0 Å². The Labute approximate surface area is 137 Å². The molecule has 0 aliphatic carbocycles. The Morgan fingerprint density at radius 1 is 1.36 bits per heavy atom. The van der Waals surface area contributed by atoms with E-state index in [0.717, 1.165) is 4.88 Å². The number of aromatic nitrogens is 1. The van der Waals surface area contributed by atoms with E-state index in [1.54, 1.807) is 6.07 Å². The Bertz CT molecular complexity index is 801. The van der Waals surface area contributed by atoms with Crippen molar-refractivity contribution in [2.45, 2.75) is 6.61 Å². The van der Waals surface area contributed by atoms with Gasteiger partial charge in [0.05, 0.1) is 10.4 Å². The SMILES string of the molecule is O=C(OCc1cc(-c2cccs2)on1)c1cc(Br)ccc1F. The van der Waals surface area contributed by atoms with Crippen LogP contribution in [-0.4, -0.2) is 11.1 Å². The zero-order valence-corrected chi connectivity index (χ0v) is 13.5. The second kappa shape index (κ2) is 6.41. The number of thiophene rings is 1. The number of hydrogen-bond acceptors (Lipinski definition) is 5. The molecule has 2 aromatic heterocycles. The van der Waals surface area contributed by atoms with Gasteiger partial charge in [-0.05, 0) is 29.6 Å². The molecule has 0 radical (unpaired) electrons. The highest BCUT2D eigenvalue weighted by molar-refractivity contribution is 9.10. The maximum absolute atomic E-state index is 13.6. The number of ether oxygens (including phenoxy) is 1. The van der Waals surface area contributed by atoms with Crippen LogP contribution >= 0.6 is 27.3 Å². The summed E-state index contributed by atoms with van der Waals surface area (Å²) < 4.78 is 24.4. The average molecular weight is 382 g/mol. The standard InChI is InChI=1S/C15H9BrFNO3S/c16-9-3-4-12(17)11(6-9)15(19)20-8-10-7-13(21-18-10)14-2-1-5-22-14/h1-7H,8H2.